The van der Waals surface area contributed by atoms with Gasteiger partial charge in [-0.3, -0.25) is 4.98 Å². The van der Waals surface area contributed by atoms with E-state index >= 15 is 0 Å². The van der Waals surface area contributed by atoms with Gasteiger partial charge in [-0.15, -0.1) is 0 Å². The molecule has 0 saturated carbocycles. The topological polar surface area (TPSA) is 62.3 Å². The van der Waals surface area contributed by atoms with Crippen LogP contribution in [0.4, 0.5) is 0 Å². The number of sulfonamides is 1. The second-order valence-electron chi connectivity index (χ2n) is 5.05. The molecule has 0 aliphatic carbocycles. The van der Waals surface area contributed by atoms with Crippen LogP contribution in [0.15, 0.2) is 53.7 Å². The summed E-state index contributed by atoms with van der Waals surface area (Å²) in [4.78, 5) is 4.12. The Morgan fingerprint density at radius 3 is 2.77 bits per heavy atom. The van der Waals surface area contributed by atoms with Crippen molar-refractivity contribution in [3.05, 3.63) is 59.4 Å². The molecule has 1 N–H and O–H groups in total. The smallest absolute Gasteiger partial charge is 0.245 e. The monoisotopic (exact) mass is 337 g/mol. The Balaban J connectivity index is 2.02. The van der Waals surface area contributed by atoms with Crippen molar-refractivity contribution in [2.24, 2.45) is 0 Å². The summed E-state index contributed by atoms with van der Waals surface area (Å²) in [6.07, 6.45) is 2.93. The van der Waals surface area contributed by atoms with Crippen LogP contribution in [0.5, 0.6) is 0 Å². The van der Waals surface area contributed by atoms with Crippen LogP contribution in [-0.4, -0.2) is 37.3 Å². The lowest BCUT2D eigenvalue weighted by Crippen LogP contribution is -2.48. The summed E-state index contributed by atoms with van der Waals surface area (Å²) in [5.74, 6) is 0. The number of nitrogens with one attached hydrogen (secondary N) is 1. The number of hydrogen-bond donors (Lipinski definition) is 1. The standard InChI is InChI=1S/C15H16ClN3O2S/c16-14-6-2-1-5-13(14)15-11-18-8-9-19(15)22(20,21)12-4-3-7-17-10-12/h1-7,10,15,18H,8-9,11H2. The van der Waals surface area contributed by atoms with Crippen LogP contribution in [0.3, 0.4) is 0 Å². The van der Waals surface area contributed by atoms with Gasteiger partial charge in [0, 0.05) is 37.1 Å². The zero-order chi connectivity index (χ0) is 15.6. The molecule has 1 aromatic carbocycles. The number of benzene rings is 1. The summed E-state index contributed by atoms with van der Waals surface area (Å²) < 4.78 is 27.3. The molecular weight excluding hydrogens is 322 g/mol. The normalized spacial score (nSPS) is 20.0. The van der Waals surface area contributed by atoms with Crippen molar-refractivity contribution in [2.75, 3.05) is 19.6 Å². The molecule has 0 bridgehead atoms. The summed E-state index contributed by atoms with van der Waals surface area (Å²) in [7, 11) is -3.60. The van der Waals surface area contributed by atoms with E-state index in [1.54, 1.807) is 24.4 Å². The van der Waals surface area contributed by atoms with Gasteiger partial charge in [0.25, 0.3) is 0 Å². The second-order valence-corrected chi connectivity index (χ2v) is 7.34. The van der Waals surface area contributed by atoms with Crippen LogP contribution in [0, 0.1) is 0 Å². The minimum absolute atomic E-state index is 0.203. The van der Waals surface area contributed by atoms with Crippen LogP contribution in [-0.2, 0) is 10.0 Å². The Morgan fingerprint density at radius 1 is 1.23 bits per heavy atom. The highest BCUT2D eigenvalue weighted by Gasteiger charge is 2.35. The fourth-order valence-electron chi connectivity index (χ4n) is 2.62. The van der Waals surface area contributed by atoms with Crippen LogP contribution >= 0.6 is 11.6 Å². The van der Waals surface area contributed by atoms with Crippen molar-refractivity contribution in [2.45, 2.75) is 10.9 Å². The summed E-state index contributed by atoms with van der Waals surface area (Å²) >= 11 is 6.26. The minimum atomic E-state index is -3.60. The number of hydrogen-bond acceptors (Lipinski definition) is 4. The van der Waals surface area contributed by atoms with Crippen molar-refractivity contribution in [3.63, 3.8) is 0 Å². The van der Waals surface area contributed by atoms with Gasteiger partial charge in [0.2, 0.25) is 10.0 Å². The highest BCUT2D eigenvalue weighted by atomic mass is 35.5. The number of nitrogens with zero attached hydrogens (tertiary/aromatic N) is 2. The van der Waals surface area contributed by atoms with Gasteiger partial charge in [-0.05, 0) is 23.8 Å². The molecule has 5 nitrogen and oxygen atoms in total. The fraction of sp³-hybridized carbons (Fsp3) is 0.267. The molecule has 1 aliphatic heterocycles. The van der Waals surface area contributed by atoms with Crippen molar-refractivity contribution in [1.82, 2.24) is 14.6 Å². The van der Waals surface area contributed by atoms with E-state index in [1.165, 1.54) is 10.5 Å². The van der Waals surface area contributed by atoms with Crippen molar-refractivity contribution >= 4 is 21.6 Å². The Labute approximate surface area is 135 Å². The van der Waals surface area contributed by atoms with Crippen molar-refractivity contribution in [1.29, 1.82) is 0 Å². The van der Waals surface area contributed by atoms with Crippen molar-refractivity contribution < 1.29 is 8.42 Å². The number of rotatable bonds is 3. The fourth-order valence-corrected chi connectivity index (χ4v) is 4.45. The SMILES string of the molecule is O=S(=O)(c1cccnc1)N1CCNCC1c1ccccc1Cl. The molecule has 7 heteroatoms. The average Bonchev–Trinajstić information content (AvgIpc) is 2.56. The maximum atomic E-state index is 12.9. The second kappa shape index (κ2) is 6.34. The third-order valence-corrected chi connectivity index (χ3v) is 5.94. The van der Waals surface area contributed by atoms with Crippen molar-refractivity contribution in [3.8, 4) is 0 Å². The zero-order valence-electron chi connectivity index (χ0n) is 11.8. The van der Waals surface area contributed by atoms with Gasteiger partial charge in [-0.1, -0.05) is 29.8 Å². The Hall–Kier alpha value is -1.47. The lowest BCUT2D eigenvalue weighted by atomic mass is 10.1. The first kappa shape index (κ1) is 15.4. The molecule has 1 fully saturated rings. The molecule has 0 amide bonds. The maximum absolute atomic E-state index is 12.9. The van der Waals surface area contributed by atoms with Crippen LogP contribution in [0.25, 0.3) is 0 Å². The summed E-state index contributed by atoms with van der Waals surface area (Å²) in [6, 6.07) is 10.2. The Morgan fingerprint density at radius 2 is 2.05 bits per heavy atom. The van der Waals surface area contributed by atoms with E-state index in [1.807, 2.05) is 18.2 Å². The number of pyridine rings is 1. The number of aromatic nitrogens is 1. The van der Waals surface area contributed by atoms with Gasteiger partial charge in [0.05, 0.1) is 6.04 Å². The zero-order valence-corrected chi connectivity index (χ0v) is 13.4. The molecule has 0 radical (unpaired) electrons. The summed E-state index contributed by atoms with van der Waals surface area (Å²) in [5, 5.41) is 3.81. The van der Waals surface area contributed by atoms with Crippen LogP contribution in [0.2, 0.25) is 5.02 Å². The number of halogens is 1. The highest BCUT2D eigenvalue weighted by molar-refractivity contribution is 7.89. The molecule has 3 rings (SSSR count). The first-order chi connectivity index (χ1) is 10.6. The lowest BCUT2D eigenvalue weighted by Gasteiger charge is -2.35. The Kier molecular flexibility index (Phi) is 4.44. The molecule has 1 saturated heterocycles. The molecule has 2 heterocycles. The van der Waals surface area contributed by atoms with E-state index in [-0.39, 0.29) is 10.9 Å². The molecule has 2 aromatic rings. The largest absolute Gasteiger partial charge is 0.313 e. The van der Waals surface area contributed by atoms with Gasteiger partial charge in [0.1, 0.15) is 4.90 Å². The van der Waals surface area contributed by atoms with E-state index in [4.69, 9.17) is 11.6 Å². The van der Waals surface area contributed by atoms with E-state index in [0.717, 1.165) is 5.56 Å². The molecule has 116 valence electrons. The minimum Gasteiger partial charge on any atom is -0.313 e. The van der Waals surface area contributed by atoms with E-state index in [9.17, 15) is 8.42 Å². The predicted molar refractivity (Wildman–Crippen MR) is 85.2 cm³/mol. The predicted octanol–water partition coefficient (Wildman–Crippen LogP) is 2.07. The first-order valence-corrected chi connectivity index (χ1v) is 8.79. The quantitative estimate of drug-likeness (QED) is 0.931. The highest BCUT2D eigenvalue weighted by Crippen LogP contribution is 2.32. The van der Waals surface area contributed by atoms with Crippen LogP contribution in [0.1, 0.15) is 11.6 Å². The molecule has 0 spiro atoms. The number of piperazine rings is 1. The molecule has 1 aliphatic rings. The summed E-state index contributed by atoms with van der Waals surface area (Å²) in [6.45, 7) is 1.54. The Bertz CT molecular complexity index is 752. The third-order valence-electron chi connectivity index (χ3n) is 3.70. The molecular formula is C15H16ClN3O2S. The average molecular weight is 338 g/mol. The molecule has 1 aromatic heterocycles. The van der Waals surface area contributed by atoms with Gasteiger partial charge in [-0.25, -0.2) is 8.42 Å². The first-order valence-electron chi connectivity index (χ1n) is 6.98. The molecule has 1 unspecified atom stereocenters. The molecule has 22 heavy (non-hydrogen) atoms. The maximum Gasteiger partial charge on any atom is 0.245 e. The van der Waals surface area contributed by atoms with E-state index < -0.39 is 10.0 Å². The van der Waals surface area contributed by atoms with Gasteiger partial charge in [-0.2, -0.15) is 4.31 Å². The van der Waals surface area contributed by atoms with Gasteiger partial charge in [0.15, 0.2) is 0 Å². The van der Waals surface area contributed by atoms with E-state index in [2.05, 4.69) is 10.3 Å². The van der Waals surface area contributed by atoms with Gasteiger partial charge < -0.3 is 5.32 Å². The van der Waals surface area contributed by atoms with E-state index in [0.29, 0.717) is 24.7 Å². The summed E-state index contributed by atoms with van der Waals surface area (Å²) in [5.41, 5.74) is 0.809. The molecule has 1 atom stereocenters. The lowest BCUT2D eigenvalue weighted by molar-refractivity contribution is 0.271. The van der Waals surface area contributed by atoms with Crippen LogP contribution < -0.4 is 5.32 Å². The third kappa shape index (κ3) is 2.87. The van der Waals surface area contributed by atoms with Gasteiger partial charge >= 0.3 is 0 Å².